The third-order valence-electron chi connectivity index (χ3n) is 5.56. The summed E-state index contributed by atoms with van der Waals surface area (Å²) in [5, 5.41) is 0. The lowest BCUT2D eigenvalue weighted by Gasteiger charge is -2.21. The Morgan fingerprint density at radius 2 is 1.65 bits per heavy atom. The molecule has 0 aromatic heterocycles. The van der Waals surface area contributed by atoms with E-state index in [1.165, 1.54) is 31.2 Å². The van der Waals surface area contributed by atoms with Gasteiger partial charge in [0.05, 0.1) is 7.11 Å². The van der Waals surface area contributed by atoms with Gasteiger partial charge in [-0.25, -0.2) is 13.1 Å². The van der Waals surface area contributed by atoms with Gasteiger partial charge in [-0.05, 0) is 87.8 Å². The van der Waals surface area contributed by atoms with Gasteiger partial charge < -0.3 is 9.64 Å². The molecule has 5 nitrogen and oxygen atoms in total. The van der Waals surface area contributed by atoms with Crippen LogP contribution in [0.25, 0.3) is 0 Å². The molecule has 6 heteroatoms. The molecule has 3 rings (SSSR count). The lowest BCUT2D eigenvalue weighted by molar-refractivity contribution is 0.282. The van der Waals surface area contributed by atoms with Crippen molar-refractivity contribution >= 4 is 10.0 Å². The number of hydrogen-bond acceptors (Lipinski definition) is 4. The Morgan fingerprint density at radius 3 is 2.31 bits per heavy atom. The molecule has 1 aliphatic carbocycles. The van der Waals surface area contributed by atoms with Gasteiger partial charge >= 0.3 is 0 Å². The van der Waals surface area contributed by atoms with Gasteiger partial charge in [-0.15, -0.1) is 0 Å². The lowest BCUT2D eigenvalue weighted by Crippen LogP contribution is -2.31. The van der Waals surface area contributed by atoms with Crippen LogP contribution in [0.4, 0.5) is 0 Å². The Labute approximate surface area is 158 Å². The highest BCUT2D eigenvalue weighted by molar-refractivity contribution is 7.89. The Hall–Kier alpha value is -1.11. The number of nitrogens with zero attached hydrogens (tertiary/aromatic N) is 1. The lowest BCUT2D eigenvalue weighted by atomic mass is 9.92. The van der Waals surface area contributed by atoms with Crippen molar-refractivity contribution < 1.29 is 13.2 Å². The minimum absolute atomic E-state index is 0.287. The van der Waals surface area contributed by atoms with Gasteiger partial charge in [0.15, 0.2) is 0 Å². The monoisotopic (exact) mass is 380 g/mol. The van der Waals surface area contributed by atoms with Crippen molar-refractivity contribution in [1.82, 2.24) is 9.62 Å². The van der Waals surface area contributed by atoms with E-state index >= 15 is 0 Å². The smallest absolute Gasteiger partial charge is 0.244 e. The first-order valence-electron chi connectivity index (χ1n) is 10.0. The number of methoxy groups -OCH3 is 1. The van der Waals surface area contributed by atoms with Crippen molar-refractivity contribution in [2.75, 3.05) is 33.3 Å². The number of fused-ring (bicyclic) bond motifs is 1. The maximum absolute atomic E-state index is 12.8. The predicted octanol–water partition coefficient (Wildman–Crippen LogP) is 3.12. The molecule has 1 heterocycles. The van der Waals surface area contributed by atoms with Crippen molar-refractivity contribution in [2.24, 2.45) is 0 Å². The second-order valence-electron chi connectivity index (χ2n) is 7.49. The summed E-state index contributed by atoms with van der Waals surface area (Å²) in [6.45, 7) is 3.72. The predicted molar refractivity (Wildman–Crippen MR) is 104 cm³/mol. The fourth-order valence-electron chi connectivity index (χ4n) is 4.06. The molecule has 1 aromatic carbocycles. The third kappa shape index (κ3) is 4.99. The van der Waals surface area contributed by atoms with Crippen molar-refractivity contribution in [3.05, 3.63) is 23.3 Å². The summed E-state index contributed by atoms with van der Waals surface area (Å²) in [6.07, 6.45) is 10.3. The molecule has 26 heavy (non-hydrogen) atoms. The van der Waals surface area contributed by atoms with Crippen LogP contribution in [0, 0.1) is 0 Å². The van der Waals surface area contributed by atoms with E-state index in [0.29, 0.717) is 12.3 Å². The highest BCUT2D eigenvalue weighted by atomic mass is 32.2. The van der Waals surface area contributed by atoms with Crippen LogP contribution in [-0.4, -0.2) is 46.6 Å². The number of benzene rings is 1. The molecule has 1 saturated heterocycles. The molecule has 1 aromatic rings. The van der Waals surface area contributed by atoms with Gasteiger partial charge in [0.25, 0.3) is 0 Å². The number of rotatable bonds is 7. The van der Waals surface area contributed by atoms with Crippen LogP contribution in [0.3, 0.4) is 0 Å². The van der Waals surface area contributed by atoms with E-state index in [1.54, 1.807) is 7.11 Å². The van der Waals surface area contributed by atoms with E-state index in [0.717, 1.165) is 57.3 Å². The number of aryl methyl sites for hydroxylation is 2. The zero-order valence-electron chi connectivity index (χ0n) is 15.9. The van der Waals surface area contributed by atoms with Gasteiger partial charge in [0.1, 0.15) is 10.6 Å². The minimum atomic E-state index is -3.54. The molecule has 0 unspecified atom stereocenters. The molecule has 0 saturated carbocycles. The zero-order valence-corrected chi connectivity index (χ0v) is 16.7. The average Bonchev–Trinajstić information content (AvgIpc) is 2.93. The van der Waals surface area contributed by atoms with Gasteiger partial charge in [0.2, 0.25) is 10.0 Å². The highest BCUT2D eigenvalue weighted by Gasteiger charge is 2.23. The van der Waals surface area contributed by atoms with Crippen LogP contribution >= 0.6 is 0 Å². The fourth-order valence-corrected chi connectivity index (χ4v) is 5.33. The standard InChI is InChI=1S/C20H32N2O3S/c1-25-19-15-17-9-4-5-10-18(17)16-20(19)26(23,24)21-11-8-14-22-12-6-2-3-7-13-22/h15-16,21H,2-14H2,1H3. The van der Waals surface area contributed by atoms with Crippen molar-refractivity contribution in [1.29, 1.82) is 0 Å². The molecular weight excluding hydrogens is 348 g/mol. The third-order valence-corrected chi connectivity index (χ3v) is 7.04. The Bertz CT molecular complexity index is 695. The molecule has 0 bridgehead atoms. The van der Waals surface area contributed by atoms with Crippen LogP contribution in [0.2, 0.25) is 0 Å². The fraction of sp³-hybridized carbons (Fsp3) is 0.700. The van der Waals surface area contributed by atoms with E-state index in [1.807, 2.05) is 12.1 Å². The van der Waals surface area contributed by atoms with Gasteiger partial charge in [-0.2, -0.15) is 0 Å². The van der Waals surface area contributed by atoms with Crippen LogP contribution in [-0.2, 0) is 22.9 Å². The molecule has 0 spiro atoms. The zero-order chi connectivity index (χ0) is 18.4. The van der Waals surface area contributed by atoms with Crippen molar-refractivity contribution in [2.45, 2.75) is 62.7 Å². The number of ether oxygens (including phenoxy) is 1. The molecule has 146 valence electrons. The molecule has 0 atom stereocenters. The molecule has 0 radical (unpaired) electrons. The normalized spacial score (nSPS) is 19.0. The summed E-state index contributed by atoms with van der Waals surface area (Å²) >= 11 is 0. The van der Waals surface area contributed by atoms with Crippen molar-refractivity contribution in [3.63, 3.8) is 0 Å². The van der Waals surface area contributed by atoms with Crippen LogP contribution < -0.4 is 9.46 Å². The summed E-state index contributed by atoms with van der Waals surface area (Å²) in [7, 11) is -2.00. The van der Waals surface area contributed by atoms with Gasteiger partial charge in [-0.1, -0.05) is 12.8 Å². The summed E-state index contributed by atoms with van der Waals surface area (Å²) in [5.74, 6) is 0.464. The van der Waals surface area contributed by atoms with Crippen LogP contribution in [0.1, 0.15) is 56.1 Å². The number of hydrogen-bond donors (Lipinski definition) is 1. The molecule has 1 fully saturated rings. The first kappa shape index (κ1) is 19.6. The average molecular weight is 381 g/mol. The molecule has 1 aliphatic heterocycles. The largest absolute Gasteiger partial charge is 0.495 e. The van der Waals surface area contributed by atoms with Gasteiger partial charge in [0, 0.05) is 6.54 Å². The summed E-state index contributed by atoms with van der Waals surface area (Å²) < 4.78 is 33.8. The van der Waals surface area contributed by atoms with Crippen LogP contribution in [0.5, 0.6) is 5.75 Å². The van der Waals surface area contributed by atoms with Crippen molar-refractivity contribution in [3.8, 4) is 5.75 Å². The number of sulfonamides is 1. The summed E-state index contributed by atoms with van der Waals surface area (Å²) in [5.41, 5.74) is 2.38. The maximum atomic E-state index is 12.8. The van der Waals surface area contributed by atoms with E-state index in [2.05, 4.69) is 9.62 Å². The second kappa shape index (κ2) is 9.20. The summed E-state index contributed by atoms with van der Waals surface area (Å²) in [4.78, 5) is 2.75. The first-order valence-corrected chi connectivity index (χ1v) is 11.5. The van der Waals surface area contributed by atoms with E-state index < -0.39 is 10.0 Å². The minimum Gasteiger partial charge on any atom is -0.495 e. The topological polar surface area (TPSA) is 58.6 Å². The van der Waals surface area contributed by atoms with Crippen LogP contribution in [0.15, 0.2) is 17.0 Å². The quantitative estimate of drug-likeness (QED) is 0.739. The SMILES string of the molecule is COc1cc2c(cc1S(=O)(=O)NCCCN1CCCCCC1)CCCC2. The number of nitrogens with one attached hydrogen (secondary N) is 1. The summed E-state index contributed by atoms with van der Waals surface area (Å²) in [6, 6.07) is 3.74. The van der Waals surface area contributed by atoms with E-state index in [-0.39, 0.29) is 4.90 Å². The Morgan fingerprint density at radius 1 is 1.00 bits per heavy atom. The highest BCUT2D eigenvalue weighted by Crippen LogP contribution is 2.31. The first-order chi connectivity index (χ1) is 12.6. The second-order valence-corrected chi connectivity index (χ2v) is 9.22. The Kier molecular flexibility index (Phi) is 6.95. The van der Waals surface area contributed by atoms with E-state index in [4.69, 9.17) is 4.74 Å². The van der Waals surface area contributed by atoms with E-state index in [9.17, 15) is 8.42 Å². The van der Waals surface area contributed by atoms with Gasteiger partial charge in [-0.3, -0.25) is 0 Å². The molecular formula is C20H32N2O3S. The molecule has 2 aliphatic rings. The number of likely N-dealkylation sites (tertiary alicyclic amines) is 1. The molecule has 0 amide bonds. The Balaban J connectivity index is 1.60. The molecule has 1 N–H and O–H groups in total. The maximum Gasteiger partial charge on any atom is 0.244 e.